The van der Waals surface area contributed by atoms with Gasteiger partial charge in [-0.25, -0.2) is 14.8 Å². The Morgan fingerprint density at radius 3 is 2.96 bits per heavy atom. The molecule has 2 aromatic heterocycles. The van der Waals surface area contributed by atoms with E-state index in [0.717, 1.165) is 11.5 Å². The normalized spacial score (nSPS) is 15.3. The zero-order valence-corrected chi connectivity index (χ0v) is 12.5. The largest absolute Gasteiger partial charge is 0.478 e. The van der Waals surface area contributed by atoms with E-state index in [1.54, 1.807) is 24.4 Å². The van der Waals surface area contributed by atoms with Crippen LogP contribution in [-0.4, -0.2) is 30.6 Å². The number of benzene rings is 1. The lowest BCUT2D eigenvalue weighted by atomic mass is 10.2. The van der Waals surface area contributed by atoms with Crippen molar-refractivity contribution in [3.05, 3.63) is 36.2 Å². The first-order valence-corrected chi connectivity index (χ1v) is 7.73. The van der Waals surface area contributed by atoms with E-state index in [0.29, 0.717) is 17.5 Å². The number of hydrogen-bond acceptors (Lipinski definition) is 4. The van der Waals surface area contributed by atoms with E-state index in [2.05, 4.69) is 24.8 Å². The number of carbonyl (C=O) groups is 1. The van der Waals surface area contributed by atoms with Gasteiger partial charge in [-0.15, -0.1) is 0 Å². The molecule has 7 nitrogen and oxygen atoms in total. The second-order valence-electron chi connectivity index (χ2n) is 5.84. The molecule has 3 N–H and O–H groups in total. The number of hydrogen-bond donors (Lipinski definition) is 3. The summed E-state index contributed by atoms with van der Waals surface area (Å²) < 4.78 is 2.16. The summed E-state index contributed by atoms with van der Waals surface area (Å²) in [6, 6.07) is 5.32. The lowest BCUT2D eigenvalue weighted by Crippen LogP contribution is -2.08. The minimum absolute atomic E-state index is 0.236. The Labute approximate surface area is 132 Å². The summed E-state index contributed by atoms with van der Waals surface area (Å²) >= 11 is 0. The Bertz CT molecular complexity index is 860. The van der Waals surface area contributed by atoms with Gasteiger partial charge in [0.2, 0.25) is 11.9 Å². The third-order valence-electron chi connectivity index (χ3n) is 4.35. The van der Waals surface area contributed by atoms with Crippen molar-refractivity contribution in [2.24, 2.45) is 0 Å². The van der Waals surface area contributed by atoms with Gasteiger partial charge in [-0.3, -0.25) is 5.32 Å². The number of carboxylic acid groups (broad SMARTS) is 1. The molecule has 0 spiro atoms. The second kappa shape index (κ2) is 5.42. The van der Waals surface area contributed by atoms with Gasteiger partial charge < -0.3 is 14.7 Å². The predicted octanol–water partition coefficient (Wildman–Crippen LogP) is 3.32. The number of nitrogens with one attached hydrogen (secondary N) is 2. The maximum atomic E-state index is 11.0. The smallest absolute Gasteiger partial charge is 0.335 e. The van der Waals surface area contributed by atoms with Crippen LogP contribution in [0.15, 0.2) is 30.6 Å². The van der Waals surface area contributed by atoms with E-state index in [-0.39, 0.29) is 5.56 Å². The highest BCUT2D eigenvalue weighted by Crippen LogP contribution is 2.32. The van der Waals surface area contributed by atoms with Crippen LogP contribution in [-0.2, 0) is 0 Å². The van der Waals surface area contributed by atoms with Gasteiger partial charge in [0.05, 0.1) is 16.6 Å². The molecule has 2 heterocycles. The molecule has 7 heteroatoms. The van der Waals surface area contributed by atoms with E-state index in [1.165, 1.54) is 25.7 Å². The van der Waals surface area contributed by atoms with Crippen LogP contribution in [0.3, 0.4) is 0 Å². The molecule has 4 rings (SSSR count). The Hall–Kier alpha value is -2.83. The van der Waals surface area contributed by atoms with Crippen molar-refractivity contribution in [1.82, 2.24) is 19.5 Å². The van der Waals surface area contributed by atoms with E-state index >= 15 is 0 Å². The van der Waals surface area contributed by atoms with Crippen LogP contribution in [0, 0.1) is 0 Å². The summed E-state index contributed by atoms with van der Waals surface area (Å²) in [5.74, 6) is 0.371. The van der Waals surface area contributed by atoms with Crippen LogP contribution in [0.1, 0.15) is 42.1 Å². The molecule has 118 valence electrons. The summed E-state index contributed by atoms with van der Waals surface area (Å²) in [4.78, 5) is 23.0. The Morgan fingerprint density at radius 1 is 1.35 bits per heavy atom. The molecule has 1 saturated carbocycles. The van der Waals surface area contributed by atoms with E-state index < -0.39 is 5.97 Å². The first-order valence-electron chi connectivity index (χ1n) is 7.73. The van der Waals surface area contributed by atoms with Crippen LogP contribution in [0.2, 0.25) is 0 Å². The Morgan fingerprint density at radius 2 is 2.17 bits per heavy atom. The van der Waals surface area contributed by atoms with Crippen LogP contribution in [0.5, 0.6) is 0 Å². The average molecular weight is 311 g/mol. The predicted molar refractivity (Wildman–Crippen MR) is 86.1 cm³/mol. The van der Waals surface area contributed by atoms with E-state index in [1.807, 2.05) is 6.20 Å². The zero-order valence-electron chi connectivity index (χ0n) is 12.5. The Kier molecular flexibility index (Phi) is 3.25. The highest BCUT2D eigenvalue weighted by atomic mass is 16.4. The molecule has 3 aromatic rings. The highest BCUT2D eigenvalue weighted by molar-refractivity contribution is 5.92. The number of carboxylic acids is 1. The quantitative estimate of drug-likeness (QED) is 0.687. The molecule has 1 aromatic carbocycles. The minimum Gasteiger partial charge on any atom is -0.478 e. The van der Waals surface area contributed by atoms with Crippen molar-refractivity contribution >= 4 is 28.9 Å². The fourth-order valence-corrected chi connectivity index (χ4v) is 3.19. The molecule has 1 fully saturated rings. The lowest BCUT2D eigenvalue weighted by molar-refractivity contribution is 0.0697. The average Bonchev–Trinajstić information content (AvgIpc) is 3.26. The molecule has 1 aliphatic carbocycles. The molecular formula is C16H17N5O2. The van der Waals surface area contributed by atoms with Crippen LogP contribution in [0.25, 0.3) is 11.0 Å². The van der Waals surface area contributed by atoms with Crippen molar-refractivity contribution in [3.8, 4) is 0 Å². The van der Waals surface area contributed by atoms with Crippen LogP contribution in [0.4, 0.5) is 11.9 Å². The van der Waals surface area contributed by atoms with Gasteiger partial charge in [0.25, 0.3) is 0 Å². The topological polar surface area (TPSA) is 95.8 Å². The number of fused-ring (bicyclic) bond motifs is 1. The number of aromatic amines is 1. The standard InChI is InChI=1S/C16H17N5O2/c22-14(23)10-5-6-12-13(9-10)19-15(18-12)20-16-17-7-8-21(16)11-3-1-2-4-11/h5-9,11H,1-4H2,(H,22,23)(H2,17,18,19,20). The van der Waals surface area contributed by atoms with Gasteiger partial charge in [0.15, 0.2) is 0 Å². The summed E-state index contributed by atoms with van der Waals surface area (Å²) in [5.41, 5.74) is 1.64. The molecule has 0 radical (unpaired) electrons. The van der Waals surface area contributed by atoms with Crippen molar-refractivity contribution in [1.29, 1.82) is 0 Å². The van der Waals surface area contributed by atoms with Gasteiger partial charge in [-0.05, 0) is 31.0 Å². The molecule has 0 unspecified atom stereocenters. The molecule has 1 aliphatic rings. The number of rotatable bonds is 4. The highest BCUT2D eigenvalue weighted by Gasteiger charge is 2.19. The summed E-state index contributed by atoms with van der Waals surface area (Å²) in [6.45, 7) is 0. The lowest BCUT2D eigenvalue weighted by Gasteiger charge is -2.14. The van der Waals surface area contributed by atoms with E-state index in [9.17, 15) is 4.79 Å². The van der Waals surface area contributed by atoms with Crippen molar-refractivity contribution in [3.63, 3.8) is 0 Å². The van der Waals surface area contributed by atoms with Crippen LogP contribution < -0.4 is 5.32 Å². The molecule has 23 heavy (non-hydrogen) atoms. The van der Waals surface area contributed by atoms with Gasteiger partial charge in [0.1, 0.15) is 0 Å². The number of nitrogens with zero attached hydrogens (tertiary/aromatic N) is 3. The maximum Gasteiger partial charge on any atom is 0.335 e. The number of imidazole rings is 2. The molecule has 0 bridgehead atoms. The third kappa shape index (κ3) is 2.54. The molecule has 0 amide bonds. The summed E-state index contributed by atoms with van der Waals surface area (Å²) in [6.07, 6.45) is 8.63. The van der Waals surface area contributed by atoms with Crippen molar-refractivity contribution < 1.29 is 9.90 Å². The molecule has 0 saturated heterocycles. The fourth-order valence-electron chi connectivity index (χ4n) is 3.19. The van der Waals surface area contributed by atoms with Crippen molar-refractivity contribution in [2.45, 2.75) is 31.7 Å². The summed E-state index contributed by atoms with van der Waals surface area (Å²) in [7, 11) is 0. The van der Waals surface area contributed by atoms with Crippen LogP contribution >= 0.6 is 0 Å². The molecule has 0 aliphatic heterocycles. The Balaban J connectivity index is 1.63. The monoisotopic (exact) mass is 311 g/mol. The van der Waals surface area contributed by atoms with E-state index in [4.69, 9.17) is 5.11 Å². The fraction of sp³-hybridized carbons (Fsp3) is 0.312. The van der Waals surface area contributed by atoms with Gasteiger partial charge in [0, 0.05) is 18.4 Å². The molecular weight excluding hydrogens is 294 g/mol. The number of H-pyrrole nitrogens is 1. The number of aromatic nitrogens is 4. The second-order valence-corrected chi connectivity index (χ2v) is 5.84. The zero-order chi connectivity index (χ0) is 15.8. The number of anilines is 2. The first kappa shape index (κ1) is 13.8. The maximum absolute atomic E-state index is 11.0. The minimum atomic E-state index is -0.951. The SMILES string of the molecule is O=C(O)c1ccc2nc(Nc3nccn3C3CCCC3)[nH]c2c1. The van der Waals surface area contributed by atoms with Gasteiger partial charge in [-0.1, -0.05) is 12.8 Å². The number of aromatic carboxylic acids is 1. The first-order chi connectivity index (χ1) is 11.2. The van der Waals surface area contributed by atoms with Gasteiger partial charge in [-0.2, -0.15) is 0 Å². The molecule has 0 atom stereocenters. The van der Waals surface area contributed by atoms with Gasteiger partial charge >= 0.3 is 5.97 Å². The van der Waals surface area contributed by atoms with Crippen molar-refractivity contribution in [2.75, 3.05) is 5.32 Å². The summed E-state index contributed by atoms with van der Waals surface area (Å²) in [5, 5.41) is 12.3. The third-order valence-corrected chi connectivity index (χ3v) is 4.35.